The van der Waals surface area contributed by atoms with Crippen LogP contribution in [-0.4, -0.2) is 36.5 Å². The lowest BCUT2D eigenvalue weighted by Crippen LogP contribution is -2.36. The van der Waals surface area contributed by atoms with Crippen molar-refractivity contribution in [3.05, 3.63) is 0 Å². The van der Waals surface area contributed by atoms with Crippen LogP contribution in [0.15, 0.2) is 0 Å². The third-order valence-corrected chi connectivity index (χ3v) is 3.55. The highest BCUT2D eigenvalue weighted by atomic mass is 16.5. The monoisotopic (exact) mass is 241 g/mol. The van der Waals surface area contributed by atoms with Gasteiger partial charge in [0.2, 0.25) is 5.91 Å². The zero-order valence-corrected chi connectivity index (χ0v) is 11.1. The summed E-state index contributed by atoms with van der Waals surface area (Å²) >= 11 is 0. The van der Waals surface area contributed by atoms with Gasteiger partial charge in [-0.05, 0) is 31.6 Å². The Kier molecular flexibility index (Phi) is 5.45. The van der Waals surface area contributed by atoms with E-state index in [1.807, 2.05) is 0 Å². The Morgan fingerprint density at radius 1 is 1.29 bits per heavy atom. The first kappa shape index (κ1) is 14.0. The maximum atomic E-state index is 11.7. The molecular weight excluding hydrogens is 218 g/mol. The molecule has 0 spiro atoms. The Hall–Kier alpha value is -1.06. The van der Waals surface area contributed by atoms with E-state index in [1.54, 1.807) is 7.05 Å². The van der Waals surface area contributed by atoms with Gasteiger partial charge in [-0.2, -0.15) is 0 Å². The van der Waals surface area contributed by atoms with Crippen LogP contribution in [0, 0.1) is 5.92 Å². The first-order valence-corrected chi connectivity index (χ1v) is 6.45. The molecule has 0 aromatic carbocycles. The molecule has 4 heteroatoms. The largest absolute Gasteiger partial charge is 0.461 e. The Morgan fingerprint density at radius 3 is 2.53 bits per heavy atom. The highest BCUT2D eigenvalue weighted by Gasteiger charge is 2.27. The molecule has 0 aromatic heterocycles. The molecule has 1 aliphatic rings. The highest BCUT2D eigenvalue weighted by Crippen LogP contribution is 2.29. The summed E-state index contributed by atoms with van der Waals surface area (Å²) in [7, 11) is 1.61. The summed E-state index contributed by atoms with van der Waals surface area (Å²) in [5, 5.41) is 0. The van der Waals surface area contributed by atoms with Gasteiger partial charge < -0.3 is 9.64 Å². The molecule has 4 nitrogen and oxygen atoms in total. The molecule has 0 aliphatic heterocycles. The van der Waals surface area contributed by atoms with E-state index in [1.165, 1.54) is 18.2 Å². The van der Waals surface area contributed by atoms with Gasteiger partial charge in [0.05, 0.1) is 0 Å². The molecule has 0 aromatic rings. The van der Waals surface area contributed by atoms with Gasteiger partial charge in [-0.1, -0.05) is 13.3 Å². The molecule has 1 amide bonds. The van der Waals surface area contributed by atoms with Crippen molar-refractivity contribution in [2.75, 3.05) is 13.6 Å². The van der Waals surface area contributed by atoms with E-state index in [2.05, 4.69) is 6.92 Å². The predicted molar refractivity (Wildman–Crippen MR) is 65.4 cm³/mol. The SMILES string of the molecule is CCC1CCCCC1OC(=O)CN(C)C(C)=O. The van der Waals surface area contributed by atoms with Crippen LogP contribution in [0.4, 0.5) is 0 Å². The van der Waals surface area contributed by atoms with Gasteiger partial charge in [-0.3, -0.25) is 9.59 Å². The second kappa shape index (κ2) is 6.62. The van der Waals surface area contributed by atoms with Gasteiger partial charge in [0, 0.05) is 14.0 Å². The number of carbonyl (C=O) groups is 2. The first-order chi connectivity index (χ1) is 8.04. The fourth-order valence-corrected chi connectivity index (χ4v) is 2.31. The normalized spacial score (nSPS) is 24.2. The van der Waals surface area contributed by atoms with Crippen LogP contribution in [0.1, 0.15) is 46.0 Å². The zero-order chi connectivity index (χ0) is 12.8. The molecule has 98 valence electrons. The van der Waals surface area contributed by atoms with Crippen LogP contribution in [0.25, 0.3) is 0 Å². The highest BCUT2D eigenvalue weighted by molar-refractivity contribution is 5.80. The van der Waals surface area contributed by atoms with E-state index in [0.717, 1.165) is 25.7 Å². The minimum Gasteiger partial charge on any atom is -0.461 e. The lowest BCUT2D eigenvalue weighted by molar-refractivity contribution is -0.156. The topological polar surface area (TPSA) is 46.6 Å². The molecule has 0 N–H and O–H groups in total. The van der Waals surface area contributed by atoms with E-state index < -0.39 is 0 Å². The Balaban J connectivity index is 2.41. The van der Waals surface area contributed by atoms with Gasteiger partial charge >= 0.3 is 5.97 Å². The van der Waals surface area contributed by atoms with E-state index >= 15 is 0 Å². The fraction of sp³-hybridized carbons (Fsp3) is 0.846. The number of rotatable bonds is 4. The molecule has 0 radical (unpaired) electrons. The minimum absolute atomic E-state index is 0.0570. The number of esters is 1. The van der Waals surface area contributed by atoms with Crippen molar-refractivity contribution in [1.82, 2.24) is 4.90 Å². The minimum atomic E-state index is -0.284. The summed E-state index contributed by atoms with van der Waals surface area (Å²) in [6.07, 6.45) is 5.60. The van der Waals surface area contributed by atoms with Crippen LogP contribution in [0.5, 0.6) is 0 Å². The van der Waals surface area contributed by atoms with Gasteiger partial charge in [0.25, 0.3) is 0 Å². The van der Waals surface area contributed by atoms with Crippen molar-refractivity contribution in [1.29, 1.82) is 0 Å². The van der Waals surface area contributed by atoms with Crippen LogP contribution < -0.4 is 0 Å². The summed E-state index contributed by atoms with van der Waals surface area (Å²) in [5.74, 6) is 0.0982. The quantitative estimate of drug-likeness (QED) is 0.707. The molecule has 0 saturated heterocycles. The summed E-state index contributed by atoms with van der Waals surface area (Å²) in [4.78, 5) is 24.1. The Labute approximate surface area is 103 Å². The summed E-state index contributed by atoms with van der Waals surface area (Å²) in [6, 6.07) is 0. The first-order valence-electron chi connectivity index (χ1n) is 6.45. The lowest BCUT2D eigenvalue weighted by Gasteiger charge is -2.30. The average Bonchev–Trinajstić information content (AvgIpc) is 2.29. The molecule has 0 heterocycles. The molecule has 17 heavy (non-hydrogen) atoms. The van der Waals surface area contributed by atoms with Crippen LogP contribution in [0.2, 0.25) is 0 Å². The van der Waals surface area contributed by atoms with Crippen molar-refractivity contribution in [2.24, 2.45) is 5.92 Å². The van der Waals surface area contributed by atoms with E-state index in [-0.39, 0.29) is 24.5 Å². The number of amides is 1. The van der Waals surface area contributed by atoms with Crippen LogP contribution in [0.3, 0.4) is 0 Å². The van der Waals surface area contributed by atoms with Crippen molar-refractivity contribution in [2.45, 2.75) is 52.1 Å². The van der Waals surface area contributed by atoms with E-state index in [9.17, 15) is 9.59 Å². The number of hydrogen-bond donors (Lipinski definition) is 0. The molecule has 1 saturated carbocycles. The van der Waals surface area contributed by atoms with Crippen molar-refractivity contribution in [3.8, 4) is 0 Å². The smallest absolute Gasteiger partial charge is 0.325 e. The molecule has 2 atom stereocenters. The number of carbonyl (C=O) groups excluding carboxylic acids is 2. The van der Waals surface area contributed by atoms with Crippen molar-refractivity contribution in [3.63, 3.8) is 0 Å². The lowest BCUT2D eigenvalue weighted by atomic mass is 9.85. The summed E-state index contributed by atoms with van der Waals surface area (Å²) < 4.78 is 5.48. The number of likely N-dealkylation sites (N-methyl/N-ethyl adjacent to an activating group) is 1. The van der Waals surface area contributed by atoms with Gasteiger partial charge in [0.15, 0.2) is 0 Å². The maximum Gasteiger partial charge on any atom is 0.325 e. The maximum absolute atomic E-state index is 11.7. The molecule has 2 unspecified atom stereocenters. The summed E-state index contributed by atoms with van der Waals surface area (Å²) in [5.41, 5.74) is 0. The second-order valence-corrected chi connectivity index (χ2v) is 4.86. The zero-order valence-electron chi connectivity index (χ0n) is 11.1. The number of ether oxygens (including phenoxy) is 1. The third-order valence-electron chi connectivity index (χ3n) is 3.55. The molecule has 0 bridgehead atoms. The van der Waals surface area contributed by atoms with Gasteiger partial charge in [0.1, 0.15) is 12.6 Å². The van der Waals surface area contributed by atoms with Crippen LogP contribution >= 0.6 is 0 Å². The molecular formula is C13H23NO3. The second-order valence-electron chi connectivity index (χ2n) is 4.86. The Bertz CT molecular complexity index is 278. The van der Waals surface area contributed by atoms with Crippen LogP contribution in [-0.2, 0) is 14.3 Å². The number of hydrogen-bond acceptors (Lipinski definition) is 3. The third kappa shape index (κ3) is 4.36. The molecule has 1 aliphatic carbocycles. The van der Waals surface area contributed by atoms with Gasteiger partial charge in [-0.25, -0.2) is 0 Å². The van der Waals surface area contributed by atoms with E-state index in [4.69, 9.17) is 4.74 Å². The van der Waals surface area contributed by atoms with E-state index in [0.29, 0.717) is 5.92 Å². The van der Waals surface area contributed by atoms with Crippen molar-refractivity contribution >= 4 is 11.9 Å². The number of nitrogens with zero attached hydrogens (tertiary/aromatic N) is 1. The Morgan fingerprint density at radius 2 is 1.94 bits per heavy atom. The summed E-state index contributed by atoms with van der Waals surface area (Å²) in [6.45, 7) is 3.64. The molecule has 1 fully saturated rings. The van der Waals surface area contributed by atoms with Gasteiger partial charge in [-0.15, -0.1) is 0 Å². The molecule has 1 rings (SSSR count). The van der Waals surface area contributed by atoms with Crippen molar-refractivity contribution < 1.29 is 14.3 Å². The fourth-order valence-electron chi connectivity index (χ4n) is 2.31. The standard InChI is InChI=1S/C13H23NO3/c1-4-11-7-5-6-8-12(11)17-13(16)9-14(3)10(2)15/h11-12H,4-9H2,1-3H3. The predicted octanol–water partition coefficient (Wildman–Crippen LogP) is 1.98. The average molecular weight is 241 g/mol.